The molecule has 3 aromatic carbocycles. The van der Waals surface area contributed by atoms with Crippen LogP contribution in [0.3, 0.4) is 0 Å². The van der Waals surface area contributed by atoms with Crippen molar-refractivity contribution in [3.8, 4) is 0 Å². The van der Waals surface area contributed by atoms with Crippen molar-refractivity contribution in [3.63, 3.8) is 0 Å². The maximum absolute atomic E-state index is 10.7. The smallest absolute Gasteiger partial charge is 0.335 e. The van der Waals surface area contributed by atoms with E-state index >= 15 is 0 Å². The molecule has 142 valence electrons. The zero-order chi connectivity index (χ0) is 20.8. The molecule has 0 bridgehead atoms. The number of benzene rings is 3. The van der Waals surface area contributed by atoms with Crippen LogP contribution in [-0.2, 0) is 0 Å². The monoisotopic (exact) mass is 382 g/mol. The first-order valence-electron chi connectivity index (χ1n) is 7.76. The molecular weight excluding hydrogens is 368 g/mol. The van der Waals surface area contributed by atoms with Gasteiger partial charge in [-0.2, -0.15) is 0 Å². The van der Waals surface area contributed by atoms with E-state index in [-0.39, 0.29) is 22.3 Å². The summed E-state index contributed by atoms with van der Waals surface area (Å²) in [4.78, 5) is 42.2. The Balaban J connectivity index is 0.000000209. The number of rotatable bonds is 4. The predicted octanol–water partition coefficient (Wildman–Crippen LogP) is 3.32. The molecule has 3 aromatic rings. The topological polar surface area (TPSA) is 149 Å². The Bertz CT molecular complexity index is 986. The summed E-state index contributed by atoms with van der Waals surface area (Å²) in [6.07, 6.45) is 0. The van der Waals surface area contributed by atoms with E-state index < -0.39 is 23.9 Å². The quantitative estimate of drug-likeness (QED) is 0.537. The molecule has 0 heterocycles. The Morgan fingerprint density at radius 2 is 0.714 bits per heavy atom. The third kappa shape index (κ3) is 4.92. The molecule has 0 radical (unpaired) electrons. The van der Waals surface area contributed by atoms with Crippen molar-refractivity contribution in [2.75, 3.05) is 0 Å². The first kappa shape index (κ1) is 20.1. The van der Waals surface area contributed by atoms with E-state index in [9.17, 15) is 19.2 Å². The molecule has 0 saturated heterocycles. The number of carboxylic acids is 4. The van der Waals surface area contributed by atoms with Gasteiger partial charge in [-0.25, -0.2) is 19.2 Å². The summed E-state index contributed by atoms with van der Waals surface area (Å²) >= 11 is 0. The number of carboxylic acid groups (broad SMARTS) is 4. The maximum Gasteiger partial charge on any atom is 0.335 e. The van der Waals surface area contributed by atoms with Crippen LogP contribution in [0.5, 0.6) is 0 Å². The second-order valence-electron chi connectivity index (χ2n) is 5.57. The normalized spacial score (nSPS) is 9.86. The first-order chi connectivity index (χ1) is 13.2. The van der Waals surface area contributed by atoms with Crippen molar-refractivity contribution in [2.45, 2.75) is 0 Å². The Labute approximate surface area is 157 Å². The molecule has 0 amide bonds. The summed E-state index contributed by atoms with van der Waals surface area (Å²) in [5.74, 6) is -4.18. The van der Waals surface area contributed by atoms with Gasteiger partial charge in [0.1, 0.15) is 0 Å². The molecule has 0 unspecified atom stereocenters. The van der Waals surface area contributed by atoms with Crippen LogP contribution >= 0.6 is 0 Å². The van der Waals surface area contributed by atoms with E-state index in [1.807, 2.05) is 0 Å². The third-order valence-electron chi connectivity index (χ3n) is 3.71. The minimum absolute atomic E-state index is 0.0833. The lowest BCUT2D eigenvalue weighted by Gasteiger charge is -2.01. The van der Waals surface area contributed by atoms with Crippen LogP contribution < -0.4 is 0 Å². The SMILES string of the molecule is O=C(O)c1ccc(C(=O)O)cc1.O=C(O)c1ccc2ccc(C(=O)O)cc2c1. The average Bonchev–Trinajstić information content (AvgIpc) is 2.67. The van der Waals surface area contributed by atoms with Gasteiger partial charge in [-0.3, -0.25) is 0 Å². The van der Waals surface area contributed by atoms with Crippen LogP contribution in [0.2, 0.25) is 0 Å². The van der Waals surface area contributed by atoms with Gasteiger partial charge in [0.2, 0.25) is 0 Å². The van der Waals surface area contributed by atoms with Gasteiger partial charge in [-0.15, -0.1) is 0 Å². The molecule has 3 rings (SSSR count). The van der Waals surface area contributed by atoms with E-state index in [1.165, 1.54) is 48.5 Å². The number of hydrogen-bond donors (Lipinski definition) is 4. The van der Waals surface area contributed by atoms with E-state index in [2.05, 4.69) is 0 Å². The Kier molecular flexibility index (Phi) is 6.07. The zero-order valence-electron chi connectivity index (χ0n) is 14.2. The van der Waals surface area contributed by atoms with Crippen molar-refractivity contribution in [1.82, 2.24) is 0 Å². The summed E-state index contributed by atoms with van der Waals surface area (Å²) in [7, 11) is 0. The van der Waals surface area contributed by atoms with Gasteiger partial charge in [-0.05, 0) is 59.3 Å². The van der Waals surface area contributed by atoms with Crippen LogP contribution in [0.4, 0.5) is 0 Å². The average molecular weight is 382 g/mol. The summed E-state index contributed by atoms with van der Waals surface area (Å²) in [6.45, 7) is 0. The molecular formula is C20H14O8. The molecule has 28 heavy (non-hydrogen) atoms. The van der Waals surface area contributed by atoms with Crippen molar-refractivity contribution >= 4 is 34.6 Å². The first-order valence-corrected chi connectivity index (χ1v) is 7.76. The largest absolute Gasteiger partial charge is 0.478 e. The lowest BCUT2D eigenvalue weighted by molar-refractivity contribution is 0.0681. The van der Waals surface area contributed by atoms with Crippen molar-refractivity contribution < 1.29 is 39.6 Å². The summed E-state index contributed by atoms with van der Waals surface area (Å²) in [5, 5.41) is 36.0. The lowest BCUT2D eigenvalue weighted by Crippen LogP contribution is -1.99. The molecule has 0 spiro atoms. The molecule has 4 N–H and O–H groups in total. The van der Waals surface area contributed by atoms with Crippen molar-refractivity contribution in [3.05, 3.63) is 82.9 Å². The van der Waals surface area contributed by atoms with Gasteiger partial charge >= 0.3 is 23.9 Å². The molecule has 8 nitrogen and oxygen atoms in total. The van der Waals surface area contributed by atoms with Crippen LogP contribution in [0.25, 0.3) is 10.8 Å². The highest BCUT2D eigenvalue weighted by molar-refractivity contribution is 5.98. The summed E-state index contributed by atoms with van der Waals surface area (Å²) in [6, 6.07) is 14.2. The molecule has 0 aliphatic carbocycles. The second kappa shape index (κ2) is 8.45. The number of hydrogen-bond acceptors (Lipinski definition) is 4. The highest BCUT2D eigenvalue weighted by atomic mass is 16.4. The number of carbonyl (C=O) groups is 4. The van der Waals surface area contributed by atoms with Gasteiger partial charge in [0.05, 0.1) is 22.3 Å². The Hall–Kier alpha value is -4.20. The van der Waals surface area contributed by atoms with Gasteiger partial charge in [-0.1, -0.05) is 12.1 Å². The predicted molar refractivity (Wildman–Crippen MR) is 98.2 cm³/mol. The third-order valence-corrected chi connectivity index (χ3v) is 3.71. The fraction of sp³-hybridized carbons (Fsp3) is 0. The van der Waals surface area contributed by atoms with Gasteiger partial charge in [0.15, 0.2) is 0 Å². The maximum atomic E-state index is 10.7. The molecule has 0 fully saturated rings. The molecule has 0 aliphatic rings. The Morgan fingerprint density at radius 3 is 1.00 bits per heavy atom. The molecule has 0 atom stereocenters. The fourth-order valence-corrected chi connectivity index (χ4v) is 2.27. The van der Waals surface area contributed by atoms with Crippen LogP contribution in [0.1, 0.15) is 41.4 Å². The minimum Gasteiger partial charge on any atom is -0.478 e. The van der Waals surface area contributed by atoms with Gasteiger partial charge < -0.3 is 20.4 Å². The van der Waals surface area contributed by atoms with Crippen LogP contribution in [-0.4, -0.2) is 44.3 Å². The molecule has 0 saturated carbocycles. The lowest BCUT2D eigenvalue weighted by atomic mass is 10.0. The molecule has 0 aromatic heterocycles. The Morgan fingerprint density at radius 1 is 0.429 bits per heavy atom. The molecule has 0 aliphatic heterocycles. The van der Waals surface area contributed by atoms with E-state index in [1.54, 1.807) is 12.1 Å². The van der Waals surface area contributed by atoms with Gasteiger partial charge in [0, 0.05) is 0 Å². The van der Waals surface area contributed by atoms with Crippen LogP contribution in [0, 0.1) is 0 Å². The summed E-state index contributed by atoms with van der Waals surface area (Å²) < 4.78 is 0. The van der Waals surface area contributed by atoms with E-state index in [0.717, 1.165) is 5.39 Å². The fourth-order valence-electron chi connectivity index (χ4n) is 2.27. The van der Waals surface area contributed by atoms with E-state index in [0.29, 0.717) is 5.39 Å². The highest BCUT2D eigenvalue weighted by Crippen LogP contribution is 2.18. The minimum atomic E-state index is -1.06. The van der Waals surface area contributed by atoms with Crippen molar-refractivity contribution in [1.29, 1.82) is 0 Å². The molecule has 8 heteroatoms. The zero-order valence-corrected chi connectivity index (χ0v) is 14.2. The number of aromatic carboxylic acids is 4. The standard InChI is InChI=1S/C12H8O4.C8H6O4/c13-11(14)8-3-1-7-2-4-9(12(15)16)6-10(7)5-8;9-7(10)5-1-2-6(4-3-5)8(11)12/h1-6H,(H,13,14)(H,15,16);1-4H,(H,9,10)(H,11,12). The summed E-state index contributed by atoms with van der Waals surface area (Å²) in [5.41, 5.74) is 0.463. The highest BCUT2D eigenvalue weighted by Gasteiger charge is 2.07. The number of fused-ring (bicyclic) bond motifs is 1. The van der Waals surface area contributed by atoms with Gasteiger partial charge in [0.25, 0.3) is 0 Å². The van der Waals surface area contributed by atoms with Crippen LogP contribution in [0.15, 0.2) is 60.7 Å². The van der Waals surface area contributed by atoms with E-state index in [4.69, 9.17) is 20.4 Å². The van der Waals surface area contributed by atoms with Crippen molar-refractivity contribution in [2.24, 2.45) is 0 Å². The second-order valence-corrected chi connectivity index (χ2v) is 5.57.